The molecule has 0 aliphatic rings. The highest BCUT2D eigenvalue weighted by Gasteiger charge is 2.18. The van der Waals surface area contributed by atoms with Gasteiger partial charge in [-0.15, -0.1) is 11.3 Å². The van der Waals surface area contributed by atoms with Crippen LogP contribution < -0.4 is 5.32 Å². The lowest BCUT2D eigenvalue weighted by Gasteiger charge is -2.13. The predicted molar refractivity (Wildman–Crippen MR) is 86.8 cm³/mol. The molecule has 1 atom stereocenters. The first-order valence-corrected chi connectivity index (χ1v) is 8.11. The zero-order valence-electron chi connectivity index (χ0n) is 13.3. The van der Waals surface area contributed by atoms with Crippen LogP contribution in [0.2, 0.25) is 0 Å². The van der Waals surface area contributed by atoms with Crippen LogP contribution in [0.5, 0.6) is 0 Å². The third-order valence-electron chi connectivity index (χ3n) is 3.20. The fraction of sp³-hybridized carbons (Fsp3) is 0.533. The number of aliphatic hydroxyl groups is 1. The molecule has 2 aromatic rings. The number of nitrogens with zero attached hydrogens (tertiary/aromatic N) is 3. The van der Waals surface area contributed by atoms with Gasteiger partial charge in [-0.1, -0.05) is 13.8 Å². The molecule has 0 bridgehead atoms. The standard InChI is InChI=1S/C15H22N4O2S/c1-9(2)5-12(20)7-16-14(21)13-10(3)18-15(22-13)11-6-17-19(4)8-11/h6,8-9,12,20H,5,7H2,1-4H3,(H,16,21). The van der Waals surface area contributed by atoms with Crippen molar-refractivity contribution in [3.8, 4) is 10.6 Å². The monoisotopic (exact) mass is 322 g/mol. The van der Waals surface area contributed by atoms with Gasteiger partial charge in [-0.3, -0.25) is 9.48 Å². The van der Waals surface area contributed by atoms with Gasteiger partial charge in [0, 0.05) is 25.4 Å². The second kappa shape index (κ2) is 7.02. The number of carbonyl (C=O) groups excluding carboxylic acids is 1. The molecule has 7 heteroatoms. The Labute approximate surface area is 134 Å². The fourth-order valence-corrected chi connectivity index (χ4v) is 3.14. The molecule has 2 aromatic heterocycles. The van der Waals surface area contributed by atoms with Crippen molar-refractivity contribution in [3.05, 3.63) is 23.0 Å². The van der Waals surface area contributed by atoms with Crippen LogP contribution in [-0.2, 0) is 7.05 Å². The lowest BCUT2D eigenvalue weighted by atomic mass is 10.1. The molecule has 0 spiro atoms. The molecule has 0 saturated heterocycles. The minimum Gasteiger partial charge on any atom is -0.391 e. The normalized spacial score (nSPS) is 12.6. The molecule has 0 radical (unpaired) electrons. The Balaban J connectivity index is 2.03. The van der Waals surface area contributed by atoms with Gasteiger partial charge in [0.05, 0.1) is 18.0 Å². The van der Waals surface area contributed by atoms with Gasteiger partial charge in [0.25, 0.3) is 5.91 Å². The van der Waals surface area contributed by atoms with Crippen LogP contribution in [0.4, 0.5) is 0 Å². The number of carbonyl (C=O) groups is 1. The molecule has 2 heterocycles. The van der Waals surface area contributed by atoms with E-state index in [1.165, 1.54) is 11.3 Å². The van der Waals surface area contributed by atoms with Crippen LogP contribution in [0.15, 0.2) is 12.4 Å². The second-order valence-electron chi connectivity index (χ2n) is 5.83. The number of nitrogens with one attached hydrogen (secondary N) is 1. The maximum atomic E-state index is 12.2. The van der Waals surface area contributed by atoms with Crippen molar-refractivity contribution in [2.24, 2.45) is 13.0 Å². The summed E-state index contributed by atoms with van der Waals surface area (Å²) in [5.41, 5.74) is 1.59. The smallest absolute Gasteiger partial charge is 0.263 e. The van der Waals surface area contributed by atoms with E-state index in [4.69, 9.17) is 0 Å². The Bertz CT molecular complexity index is 648. The van der Waals surface area contributed by atoms with E-state index in [0.29, 0.717) is 22.9 Å². The van der Waals surface area contributed by atoms with Gasteiger partial charge in [-0.25, -0.2) is 4.98 Å². The van der Waals surface area contributed by atoms with Crippen molar-refractivity contribution >= 4 is 17.2 Å². The molecule has 22 heavy (non-hydrogen) atoms. The van der Waals surface area contributed by atoms with Crippen molar-refractivity contribution < 1.29 is 9.90 Å². The Kier molecular flexibility index (Phi) is 5.31. The van der Waals surface area contributed by atoms with Gasteiger partial charge in [0.2, 0.25) is 0 Å². The number of rotatable bonds is 6. The summed E-state index contributed by atoms with van der Waals surface area (Å²) in [6, 6.07) is 0. The van der Waals surface area contributed by atoms with Crippen LogP contribution in [0.25, 0.3) is 10.6 Å². The molecule has 6 nitrogen and oxygen atoms in total. The van der Waals surface area contributed by atoms with Gasteiger partial charge in [-0.05, 0) is 19.3 Å². The molecular weight excluding hydrogens is 300 g/mol. The average molecular weight is 322 g/mol. The molecular formula is C15H22N4O2S. The van der Waals surface area contributed by atoms with Crippen LogP contribution in [0.3, 0.4) is 0 Å². The summed E-state index contributed by atoms with van der Waals surface area (Å²) >= 11 is 1.34. The van der Waals surface area contributed by atoms with E-state index in [-0.39, 0.29) is 12.5 Å². The fourth-order valence-electron chi connectivity index (χ4n) is 2.18. The first-order chi connectivity index (χ1) is 10.4. The Hall–Kier alpha value is -1.73. The minimum absolute atomic E-state index is 0.187. The summed E-state index contributed by atoms with van der Waals surface area (Å²) < 4.78 is 1.70. The summed E-state index contributed by atoms with van der Waals surface area (Å²) in [5.74, 6) is 0.210. The number of aliphatic hydroxyl groups excluding tert-OH is 1. The van der Waals surface area contributed by atoms with Crippen LogP contribution in [0, 0.1) is 12.8 Å². The van der Waals surface area contributed by atoms with Crippen molar-refractivity contribution in [1.29, 1.82) is 0 Å². The molecule has 120 valence electrons. The SMILES string of the molecule is Cc1nc(-c2cnn(C)c2)sc1C(=O)NCC(O)CC(C)C. The van der Waals surface area contributed by atoms with Crippen LogP contribution >= 0.6 is 11.3 Å². The molecule has 0 saturated carbocycles. The first-order valence-electron chi connectivity index (χ1n) is 7.29. The first kappa shape index (κ1) is 16.6. The van der Waals surface area contributed by atoms with Crippen molar-refractivity contribution in [1.82, 2.24) is 20.1 Å². The maximum Gasteiger partial charge on any atom is 0.263 e. The second-order valence-corrected chi connectivity index (χ2v) is 6.83. The topological polar surface area (TPSA) is 80.0 Å². The van der Waals surface area contributed by atoms with E-state index >= 15 is 0 Å². The molecule has 2 rings (SSSR count). The van der Waals surface area contributed by atoms with Crippen LogP contribution in [0.1, 0.15) is 35.6 Å². The largest absolute Gasteiger partial charge is 0.391 e. The van der Waals surface area contributed by atoms with Gasteiger partial charge in [0.1, 0.15) is 9.88 Å². The number of aryl methyl sites for hydroxylation is 2. The Morgan fingerprint density at radius 3 is 2.82 bits per heavy atom. The minimum atomic E-state index is -0.519. The van der Waals surface area contributed by atoms with Gasteiger partial charge in [-0.2, -0.15) is 5.10 Å². The average Bonchev–Trinajstić information content (AvgIpc) is 3.01. The highest BCUT2D eigenvalue weighted by molar-refractivity contribution is 7.17. The summed E-state index contributed by atoms with van der Waals surface area (Å²) in [6.07, 6.45) is 3.75. The summed E-state index contributed by atoms with van der Waals surface area (Å²) in [6.45, 7) is 6.16. The molecule has 0 aromatic carbocycles. The third-order valence-corrected chi connectivity index (χ3v) is 4.40. The van der Waals surface area contributed by atoms with Crippen molar-refractivity contribution in [3.63, 3.8) is 0 Å². The zero-order chi connectivity index (χ0) is 16.3. The summed E-state index contributed by atoms with van der Waals surface area (Å²) in [7, 11) is 1.84. The van der Waals surface area contributed by atoms with Gasteiger partial charge < -0.3 is 10.4 Å². The highest BCUT2D eigenvalue weighted by Crippen LogP contribution is 2.27. The Morgan fingerprint density at radius 2 is 2.23 bits per heavy atom. The number of aromatic nitrogens is 3. The molecule has 1 amide bonds. The quantitative estimate of drug-likeness (QED) is 0.852. The molecule has 2 N–H and O–H groups in total. The lowest BCUT2D eigenvalue weighted by molar-refractivity contribution is 0.0903. The van der Waals surface area contributed by atoms with E-state index in [1.54, 1.807) is 10.9 Å². The number of hydrogen-bond acceptors (Lipinski definition) is 5. The van der Waals surface area contributed by atoms with E-state index in [0.717, 1.165) is 10.6 Å². The summed E-state index contributed by atoms with van der Waals surface area (Å²) in [5, 5.41) is 17.5. The van der Waals surface area contributed by atoms with E-state index in [9.17, 15) is 9.90 Å². The highest BCUT2D eigenvalue weighted by atomic mass is 32.1. The number of hydrogen-bond donors (Lipinski definition) is 2. The van der Waals surface area contributed by atoms with E-state index in [2.05, 4.69) is 15.4 Å². The van der Waals surface area contributed by atoms with Crippen LogP contribution in [-0.4, -0.2) is 38.4 Å². The lowest BCUT2D eigenvalue weighted by Crippen LogP contribution is -2.32. The van der Waals surface area contributed by atoms with E-state index < -0.39 is 6.10 Å². The molecule has 0 fully saturated rings. The Morgan fingerprint density at radius 1 is 1.50 bits per heavy atom. The predicted octanol–water partition coefficient (Wildman–Crippen LogP) is 1.99. The van der Waals surface area contributed by atoms with Gasteiger partial charge >= 0.3 is 0 Å². The molecule has 0 aliphatic carbocycles. The number of amides is 1. The molecule has 0 aliphatic heterocycles. The summed E-state index contributed by atoms with van der Waals surface area (Å²) in [4.78, 5) is 17.2. The number of thiazole rings is 1. The zero-order valence-corrected chi connectivity index (χ0v) is 14.1. The van der Waals surface area contributed by atoms with Crippen molar-refractivity contribution in [2.75, 3.05) is 6.54 Å². The maximum absolute atomic E-state index is 12.2. The molecule has 1 unspecified atom stereocenters. The van der Waals surface area contributed by atoms with Crippen molar-refractivity contribution in [2.45, 2.75) is 33.3 Å². The van der Waals surface area contributed by atoms with E-state index in [1.807, 2.05) is 34.0 Å². The third kappa shape index (κ3) is 4.14. The van der Waals surface area contributed by atoms with Gasteiger partial charge in [0.15, 0.2) is 0 Å².